The van der Waals surface area contributed by atoms with Crippen molar-refractivity contribution >= 4 is 22.9 Å². The normalized spacial score (nSPS) is 14.7. The highest BCUT2D eigenvalue weighted by atomic mass is 35.5. The summed E-state index contributed by atoms with van der Waals surface area (Å²) in [5.74, 6) is 0. The molecule has 0 saturated heterocycles. The second-order valence-electron chi connectivity index (χ2n) is 4.37. The van der Waals surface area contributed by atoms with Gasteiger partial charge in [0.1, 0.15) is 0 Å². The second-order valence-corrected chi connectivity index (χ2v) is 6.17. The van der Waals surface area contributed by atoms with E-state index < -0.39 is 0 Å². The van der Waals surface area contributed by atoms with E-state index in [2.05, 4.69) is 32.2 Å². The smallest absolute Gasteiger partial charge is 0.0931 e. The maximum atomic E-state index is 5.99. The van der Waals surface area contributed by atoms with Gasteiger partial charge < -0.3 is 10.1 Å². The Hall–Kier alpha value is -0.0900. The van der Waals surface area contributed by atoms with Crippen LogP contribution in [0.25, 0.3) is 0 Å². The zero-order valence-corrected chi connectivity index (χ0v) is 13.1. The number of hydrogen-bond donors (Lipinski definition) is 1. The molecule has 2 nitrogen and oxygen atoms in total. The van der Waals surface area contributed by atoms with Crippen LogP contribution < -0.4 is 5.32 Å². The molecule has 0 bridgehead atoms. The summed E-state index contributed by atoms with van der Waals surface area (Å²) in [7, 11) is 0. The van der Waals surface area contributed by atoms with Crippen molar-refractivity contribution in [3.05, 3.63) is 21.3 Å². The monoisotopic (exact) mass is 289 g/mol. The van der Waals surface area contributed by atoms with E-state index in [1.54, 1.807) is 11.3 Å². The lowest BCUT2D eigenvalue weighted by Crippen LogP contribution is -2.43. The standard InChI is InChI=1S/C14H24ClNOS/c1-4-9-16-12(13(5-2)17-6-3)10-11-7-8-14(15)18-11/h7-8,12-13,16H,4-6,9-10H2,1-3H3. The molecule has 1 rings (SSSR count). The van der Waals surface area contributed by atoms with Crippen LogP contribution in [0.4, 0.5) is 0 Å². The topological polar surface area (TPSA) is 21.3 Å². The highest BCUT2D eigenvalue weighted by Crippen LogP contribution is 2.23. The zero-order chi connectivity index (χ0) is 13.4. The molecule has 0 aliphatic carbocycles. The van der Waals surface area contributed by atoms with Gasteiger partial charge in [-0.15, -0.1) is 11.3 Å². The van der Waals surface area contributed by atoms with E-state index in [1.807, 2.05) is 6.07 Å². The molecule has 2 atom stereocenters. The third kappa shape index (κ3) is 5.27. The zero-order valence-electron chi connectivity index (χ0n) is 11.5. The van der Waals surface area contributed by atoms with Crippen LogP contribution in [0.3, 0.4) is 0 Å². The van der Waals surface area contributed by atoms with Crippen LogP contribution in [0, 0.1) is 0 Å². The predicted molar refractivity (Wildman–Crippen MR) is 80.8 cm³/mol. The molecule has 1 aromatic heterocycles. The molecule has 0 radical (unpaired) electrons. The summed E-state index contributed by atoms with van der Waals surface area (Å²) >= 11 is 7.66. The van der Waals surface area contributed by atoms with Crippen LogP contribution in [0.5, 0.6) is 0 Å². The van der Waals surface area contributed by atoms with Crippen LogP contribution in [0.2, 0.25) is 4.34 Å². The molecule has 0 fully saturated rings. The van der Waals surface area contributed by atoms with Crippen molar-refractivity contribution in [3.8, 4) is 0 Å². The lowest BCUT2D eigenvalue weighted by molar-refractivity contribution is 0.0321. The Kier molecular flexibility index (Phi) is 7.91. The average molecular weight is 290 g/mol. The van der Waals surface area contributed by atoms with Crippen LogP contribution in [0.15, 0.2) is 12.1 Å². The summed E-state index contributed by atoms with van der Waals surface area (Å²) in [4.78, 5) is 1.33. The first-order chi connectivity index (χ1) is 8.71. The molecule has 0 spiro atoms. The molecule has 1 aromatic rings. The van der Waals surface area contributed by atoms with Gasteiger partial charge >= 0.3 is 0 Å². The van der Waals surface area contributed by atoms with Gasteiger partial charge in [0.2, 0.25) is 0 Å². The van der Waals surface area contributed by atoms with E-state index in [-0.39, 0.29) is 6.10 Å². The maximum Gasteiger partial charge on any atom is 0.0931 e. The molecule has 4 heteroatoms. The summed E-state index contributed by atoms with van der Waals surface area (Å²) in [6, 6.07) is 4.47. The molecule has 18 heavy (non-hydrogen) atoms. The summed E-state index contributed by atoms with van der Waals surface area (Å²) in [5.41, 5.74) is 0. The minimum Gasteiger partial charge on any atom is -0.377 e. The van der Waals surface area contributed by atoms with Crippen molar-refractivity contribution < 1.29 is 4.74 Å². The van der Waals surface area contributed by atoms with Crippen LogP contribution in [-0.4, -0.2) is 25.3 Å². The van der Waals surface area contributed by atoms with Gasteiger partial charge in [-0.1, -0.05) is 25.4 Å². The fraction of sp³-hybridized carbons (Fsp3) is 0.714. The van der Waals surface area contributed by atoms with Gasteiger partial charge in [0, 0.05) is 17.5 Å². The Labute approximate surface area is 120 Å². The van der Waals surface area contributed by atoms with Crippen molar-refractivity contribution in [1.82, 2.24) is 5.32 Å². The number of thiophene rings is 1. The highest BCUT2D eigenvalue weighted by molar-refractivity contribution is 7.16. The molecule has 0 saturated carbocycles. The summed E-state index contributed by atoms with van der Waals surface area (Å²) < 4.78 is 6.70. The first-order valence-corrected chi connectivity index (χ1v) is 7.99. The fourth-order valence-corrected chi connectivity index (χ4v) is 3.22. The van der Waals surface area contributed by atoms with Gasteiger partial charge in [-0.3, -0.25) is 0 Å². The third-order valence-corrected chi connectivity index (χ3v) is 4.19. The number of nitrogens with one attached hydrogen (secondary N) is 1. The van der Waals surface area contributed by atoms with E-state index in [1.165, 1.54) is 4.88 Å². The van der Waals surface area contributed by atoms with Crippen LogP contribution >= 0.6 is 22.9 Å². The molecule has 1 N–H and O–H groups in total. The Bertz CT molecular complexity index is 329. The molecular weight excluding hydrogens is 266 g/mol. The van der Waals surface area contributed by atoms with Crippen molar-refractivity contribution in [2.24, 2.45) is 0 Å². The summed E-state index contributed by atoms with van der Waals surface area (Å²) in [6.45, 7) is 8.24. The minimum atomic E-state index is 0.280. The quantitative estimate of drug-likeness (QED) is 0.738. The molecule has 0 amide bonds. The van der Waals surface area contributed by atoms with E-state index in [0.717, 1.165) is 36.8 Å². The first-order valence-electron chi connectivity index (χ1n) is 6.80. The van der Waals surface area contributed by atoms with Crippen LogP contribution in [-0.2, 0) is 11.2 Å². The molecule has 0 aliphatic heterocycles. The Morgan fingerprint density at radius 1 is 1.33 bits per heavy atom. The number of ether oxygens (including phenoxy) is 1. The Balaban J connectivity index is 2.63. The van der Waals surface area contributed by atoms with Gasteiger partial charge in [-0.05, 0) is 44.9 Å². The summed E-state index contributed by atoms with van der Waals surface area (Å²) in [5, 5.41) is 3.60. The van der Waals surface area contributed by atoms with Crippen molar-refractivity contribution in [2.75, 3.05) is 13.2 Å². The van der Waals surface area contributed by atoms with Crippen molar-refractivity contribution in [3.63, 3.8) is 0 Å². The van der Waals surface area contributed by atoms with Gasteiger partial charge in [-0.25, -0.2) is 0 Å². The molecule has 1 heterocycles. The first kappa shape index (κ1) is 16.0. The molecule has 104 valence electrons. The van der Waals surface area contributed by atoms with Crippen LogP contribution in [0.1, 0.15) is 38.5 Å². The lowest BCUT2D eigenvalue weighted by atomic mass is 10.0. The third-order valence-electron chi connectivity index (χ3n) is 2.94. The molecule has 0 aliphatic rings. The second kappa shape index (κ2) is 8.92. The predicted octanol–water partition coefficient (Wildman–Crippen LogP) is 4.13. The van der Waals surface area contributed by atoms with Crippen molar-refractivity contribution in [1.29, 1.82) is 0 Å². The average Bonchev–Trinajstić information content (AvgIpc) is 2.77. The number of rotatable bonds is 9. The van der Waals surface area contributed by atoms with Gasteiger partial charge in [-0.2, -0.15) is 0 Å². The molecule has 2 unspecified atom stereocenters. The minimum absolute atomic E-state index is 0.280. The maximum absolute atomic E-state index is 5.99. The summed E-state index contributed by atoms with van der Waals surface area (Å²) in [6.07, 6.45) is 3.46. The Morgan fingerprint density at radius 2 is 2.11 bits per heavy atom. The Morgan fingerprint density at radius 3 is 2.61 bits per heavy atom. The van der Waals surface area contributed by atoms with E-state index >= 15 is 0 Å². The number of halogens is 1. The van der Waals surface area contributed by atoms with E-state index in [0.29, 0.717) is 6.04 Å². The molecule has 0 aromatic carbocycles. The van der Waals surface area contributed by atoms with Gasteiger partial charge in [0.25, 0.3) is 0 Å². The van der Waals surface area contributed by atoms with Crippen molar-refractivity contribution in [2.45, 2.75) is 52.2 Å². The van der Waals surface area contributed by atoms with E-state index in [9.17, 15) is 0 Å². The SMILES string of the molecule is CCCNC(Cc1ccc(Cl)s1)C(CC)OCC. The highest BCUT2D eigenvalue weighted by Gasteiger charge is 2.20. The number of hydrogen-bond acceptors (Lipinski definition) is 3. The van der Waals surface area contributed by atoms with Gasteiger partial charge in [0.15, 0.2) is 0 Å². The lowest BCUT2D eigenvalue weighted by Gasteiger charge is -2.27. The largest absolute Gasteiger partial charge is 0.377 e. The van der Waals surface area contributed by atoms with E-state index in [4.69, 9.17) is 16.3 Å². The fourth-order valence-electron chi connectivity index (χ4n) is 2.08. The van der Waals surface area contributed by atoms with Gasteiger partial charge in [0.05, 0.1) is 10.4 Å². The molecular formula is C14H24ClNOS.